The third kappa shape index (κ3) is 1.99. The van der Waals surface area contributed by atoms with E-state index in [2.05, 4.69) is 4.99 Å². The number of fused-ring (bicyclic) bond motifs is 1. The molecule has 1 saturated carbocycles. The van der Waals surface area contributed by atoms with E-state index < -0.39 is 6.17 Å². The zero-order valence-electron chi connectivity index (χ0n) is 9.74. The van der Waals surface area contributed by atoms with Gasteiger partial charge in [-0.25, -0.2) is 9.38 Å². The van der Waals surface area contributed by atoms with Gasteiger partial charge < -0.3 is 4.74 Å². The Kier molecular flexibility index (Phi) is 2.99. The molecule has 4 atom stereocenters. The van der Waals surface area contributed by atoms with Crippen LogP contribution in [0.15, 0.2) is 23.2 Å². The quantitative estimate of drug-likeness (QED) is 0.768. The third-order valence-electron chi connectivity index (χ3n) is 3.57. The highest BCUT2D eigenvalue weighted by Crippen LogP contribution is 2.38. The third-order valence-corrected chi connectivity index (χ3v) is 4.01. The van der Waals surface area contributed by atoms with Crippen LogP contribution in [-0.2, 0) is 4.74 Å². The van der Waals surface area contributed by atoms with Gasteiger partial charge in [0.2, 0.25) is 5.90 Å². The Morgan fingerprint density at radius 2 is 1.94 bits per heavy atom. The Bertz CT molecular complexity index is 499. The average molecular weight is 288 g/mol. The van der Waals surface area contributed by atoms with E-state index in [9.17, 15) is 4.39 Å². The first-order valence-electron chi connectivity index (χ1n) is 5.89. The first-order chi connectivity index (χ1) is 8.54. The van der Waals surface area contributed by atoms with E-state index in [1.807, 2.05) is 6.92 Å². The molecule has 0 N–H and O–H groups in total. The summed E-state index contributed by atoms with van der Waals surface area (Å²) in [5.41, 5.74) is 0.754. The van der Waals surface area contributed by atoms with Gasteiger partial charge in [0.25, 0.3) is 0 Å². The molecule has 0 aromatic heterocycles. The molecule has 1 heterocycles. The van der Waals surface area contributed by atoms with E-state index >= 15 is 0 Å². The number of halogens is 3. The molecule has 1 aromatic carbocycles. The Morgan fingerprint density at radius 1 is 1.28 bits per heavy atom. The largest absolute Gasteiger partial charge is 0.471 e. The molecule has 5 heteroatoms. The van der Waals surface area contributed by atoms with E-state index in [1.54, 1.807) is 18.2 Å². The van der Waals surface area contributed by atoms with E-state index in [0.29, 0.717) is 22.4 Å². The molecule has 0 bridgehead atoms. The fraction of sp³-hybridized carbons (Fsp3) is 0.462. The smallest absolute Gasteiger partial charge is 0.216 e. The maximum Gasteiger partial charge on any atom is 0.216 e. The zero-order valence-corrected chi connectivity index (χ0v) is 11.2. The summed E-state index contributed by atoms with van der Waals surface area (Å²) in [4.78, 5) is 4.44. The summed E-state index contributed by atoms with van der Waals surface area (Å²) in [5, 5.41) is 1.08. The lowest BCUT2D eigenvalue weighted by Crippen LogP contribution is -2.23. The molecule has 1 fully saturated rings. The lowest BCUT2D eigenvalue weighted by molar-refractivity contribution is 0.137. The minimum Gasteiger partial charge on any atom is -0.471 e. The Labute approximate surface area is 115 Å². The highest BCUT2D eigenvalue weighted by molar-refractivity contribution is 6.35. The maximum atomic E-state index is 13.5. The number of hydrogen-bond acceptors (Lipinski definition) is 2. The number of hydrogen-bond donors (Lipinski definition) is 0. The summed E-state index contributed by atoms with van der Waals surface area (Å²) in [6.45, 7) is 1.86. The van der Waals surface area contributed by atoms with Crippen molar-refractivity contribution in [2.24, 2.45) is 10.9 Å². The van der Waals surface area contributed by atoms with Gasteiger partial charge in [0.05, 0.1) is 6.04 Å². The predicted octanol–water partition coefficient (Wildman–Crippen LogP) is 3.89. The first-order valence-corrected chi connectivity index (χ1v) is 6.65. The molecule has 1 aliphatic heterocycles. The van der Waals surface area contributed by atoms with Gasteiger partial charge in [-0.15, -0.1) is 0 Å². The van der Waals surface area contributed by atoms with Gasteiger partial charge in [-0.1, -0.05) is 30.1 Å². The van der Waals surface area contributed by atoms with Crippen LogP contribution >= 0.6 is 23.2 Å². The van der Waals surface area contributed by atoms with Crippen LogP contribution in [0.1, 0.15) is 18.9 Å². The second-order valence-corrected chi connectivity index (χ2v) is 5.73. The lowest BCUT2D eigenvalue weighted by Gasteiger charge is -2.15. The minimum absolute atomic E-state index is 0.0808. The number of nitrogens with zero attached hydrogens (tertiary/aromatic N) is 1. The van der Waals surface area contributed by atoms with E-state index in [4.69, 9.17) is 27.9 Å². The monoisotopic (exact) mass is 287 g/mol. The summed E-state index contributed by atoms with van der Waals surface area (Å²) in [7, 11) is 0. The van der Waals surface area contributed by atoms with Crippen LogP contribution in [-0.4, -0.2) is 24.2 Å². The molecular weight excluding hydrogens is 276 g/mol. The molecule has 0 radical (unpaired) electrons. The van der Waals surface area contributed by atoms with Crippen LogP contribution in [0.25, 0.3) is 0 Å². The summed E-state index contributed by atoms with van der Waals surface area (Å²) in [6, 6.07) is 5.08. The van der Waals surface area contributed by atoms with E-state index in [1.165, 1.54) is 0 Å². The van der Waals surface area contributed by atoms with Crippen LogP contribution in [0.2, 0.25) is 10.0 Å². The van der Waals surface area contributed by atoms with Crippen molar-refractivity contribution in [3.05, 3.63) is 33.8 Å². The molecule has 0 spiro atoms. The van der Waals surface area contributed by atoms with Crippen LogP contribution in [0.5, 0.6) is 0 Å². The molecule has 1 aliphatic carbocycles. The number of benzene rings is 1. The van der Waals surface area contributed by atoms with Crippen molar-refractivity contribution in [1.29, 1.82) is 0 Å². The second kappa shape index (κ2) is 4.39. The second-order valence-electron chi connectivity index (χ2n) is 4.85. The van der Waals surface area contributed by atoms with Crippen molar-refractivity contribution >= 4 is 29.1 Å². The molecule has 0 unspecified atom stereocenters. The van der Waals surface area contributed by atoms with Crippen molar-refractivity contribution in [2.45, 2.75) is 31.7 Å². The molecule has 1 aromatic rings. The number of ether oxygens (including phenoxy) is 1. The van der Waals surface area contributed by atoms with Crippen LogP contribution in [0.3, 0.4) is 0 Å². The van der Waals surface area contributed by atoms with Gasteiger partial charge >= 0.3 is 0 Å². The number of alkyl halides is 1. The minimum atomic E-state index is -0.826. The summed E-state index contributed by atoms with van der Waals surface area (Å²) >= 11 is 11.9. The highest BCUT2D eigenvalue weighted by atomic mass is 35.5. The van der Waals surface area contributed by atoms with E-state index in [-0.39, 0.29) is 18.1 Å². The summed E-state index contributed by atoms with van der Waals surface area (Å²) < 4.78 is 19.3. The molecule has 0 amide bonds. The Morgan fingerprint density at radius 3 is 2.56 bits per heavy atom. The Hall–Kier alpha value is -0.800. The topological polar surface area (TPSA) is 21.6 Å². The van der Waals surface area contributed by atoms with Gasteiger partial charge in [0.1, 0.15) is 12.3 Å². The SMILES string of the molecule is C[C@@H]1[C@H]2OC(c3cc(Cl)cc(Cl)c3)=N[C@H]2C[C@H]1F. The van der Waals surface area contributed by atoms with Crippen molar-refractivity contribution in [2.75, 3.05) is 0 Å². The number of rotatable bonds is 1. The molecule has 18 heavy (non-hydrogen) atoms. The lowest BCUT2D eigenvalue weighted by atomic mass is 10.1. The van der Waals surface area contributed by atoms with Crippen molar-refractivity contribution in [1.82, 2.24) is 0 Å². The number of aliphatic imine (C=N–C) groups is 1. The van der Waals surface area contributed by atoms with Crippen molar-refractivity contribution in [3.8, 4) is 0 Å². The standard InChI is InChI=1S/C13H12Cl2FNO/c1-6-10(16)5-11-12(6)18-13(17-11)7-2-8(14)4-9(15)3-7/h2-4,6,10-12H,5H2,1H3/t6-,10+,11-,12+/m0/s1. The highest BCUT2D eigenvalue weighted by Gasteiger charge is 2.46. The van der Waals surface area contributed by atoms with Crippen LogP contribution < -0.4 is 0 Å². The van der Waals surface area contributed by atoms with Gasteiger partial charge in [0.15, 0.2) is 0 Å². The normalized spacial score (nSPS) is 34.1. The molecule has 3 rings (SSSR count). The van der Waals surface area contributed by atoms with Crippen molar-refractivity contribution in [3.63, 3.8) is 0 Å². The first kappa shape index (κ1) is 12.2. The summed E-state index contributed by atoms with van der Waals surface area (Å²) in [6.07, 6.45) is -0.551. The van der Waals surface area contributed by atoms with Crippen LogP contribution in [0, 0.1) is 5.92 Å². The summed E-state index contributed by atoms with van der Waals surface area (Å²) in [5.74, 6) is 0.402. The van der Waals surface area contributed by atoms with Gasteiger partial charge in [-0.2, -0.15) is 0 Å². The van der Waals surface area contributed by atoms with Gasteiger partial charge in [-0.05, 0) is 18.2 Å². The van der Waals surface area contributed by atoms with Gasteiger partial charge in [0, 0.05) is 27.9 Å². The van der Waals surface area contributed by atoms with Crippen molar-refractivity contribution < 1.29 is 9.13 Å². The van der Waals surface area contributed by atoms with E-state index in [0.717, 1.165) is 5.56 Å². The predicted molar refractivity (Wildman–Crippen MR) is 70.3 cm³/mol. The Balaban J connectivity index is 1.89. The zero-order chi connectivity index (χ0) is 12.9. The molecular formula is C13H12Cl2FNO. The van der Waals surface area contributed by atoms with Crippen LogP contribution in [0.4, 0.5) is 4.39 Å². The fourth-order valence-electron chi connectivity index (χ4n) is 2.58. The molecule has 0 saturated heterocycles. The molecule has 96 valence electrons. The maximum absolute atomic E-state index is 13.5. The fourth-order valence-corrected chi connectivity index (χ4v) is 3.10. The molecule has 2 aliphatic rings. The average Bonchev–Trinajstić information content (AvgIpc) is 2.80. The van der Waals surface area contributed by atoms with Gasteiger partial charge in [-0.3, -0.25) is 0 Å². The molecule has 2 nitrogen and oxygen atoms in total.